The quantitative estimate of drug-likeness (QED) is 0.800. The number of halogens is 1. The number of rotatable bonds is 4. The third-order valence-corrected chi connectivity index (χ3v) is 7.67. The molecule has 0 saturated carbocycles. The normalized spacial score (nSPS) is 20.9. The van der Waals surface area contributed by atoms with Gasteiger partial charge in [-0.05, 0) is 49.9 Å². The largest absolute Gasteiger partial charge is 0.335 e. The molecule has 0 aliphatic carbocycles. The Balaban J connectivity index is 1.53. The Bertz CT molecular complexity index is 723. The number of nitrogens with zero attached hydrogens (tertiary/aromatic N) is 2. The van der Waals surface area contributed by atoms with Gasteiger partial charge in [0.15, 0.2) is 6.54 Å². The Kier molecular flexibility index (Phi) is 7.14. The molecule has 1 N–H and O–H groups in total. The Morgan fingerprint density at radius 2 is 1.48 bits per heavy atom. The SMILES string of the molecule is O=C(C[NH+]1CCCCCCC1)N1CCN(S(=O)(=O)c2ccc(Cl)cc2)CC1. The molecular formula is C19H29ClN3O3S+. The van der Waals surface area contributed by atoms with Crippen molar-refractivity contribution in [1.29, 1.82) is 0 Å². The number of quaternary nitrogens is 1. The van der Waals surface area contributed by atoms with Crippen LogP contribution in [-0.4, -0.2) is 69.3 Å². The van der Waals surface area contributed by atoms with E-state index in [1.54, 1.807) is 12.1 Å². The molecule has 0 aromatic heterocycles. The van der Waals surface area contributed by atoms with Gasteiger partial charge in [0, 0.05) is 31.2 Å². The minimum Gasteiger partial charge on any atom is -0.335 e. The van der Waals surface area contributed by atoms with E-state index in [1.165, 1.54) is 53.4 Å². The predicted octanol–water partition coefficient (Wildman–Crippen LogP) is 1.02. The summed E-state index contributed by atoms with van der Waals surface area (Å²) in [5.74, 6) is 0.147. The van der Waals surface area contributed by atoms with Crippen LogP contribution in [-0.2, 0) is 14.8 Å². The number of benzene rings is 1. The van der Waals surface area contributed by atoms with Crippen molar-refractivity contribution in [2.45, 2.75) is 37.0 Å². The van der Waals surface area contributed by atoms with E-state index >= 15 is 0 Å². The molecule has 0 bridgehead atoms. The minimum absolute atomic E-state index is 0.147. The van der Waals surface area contributed by atoms with E-state index in [4.69, 9.17) is 11.6 Å². The summed E-state index contributed by atoms with van der Waals surface area (Å²) in [5.41, 5.74) is 0. The van der Waals surface area contributed by atoms with Crippen molar-refractivity contribution in [3.05, 3.63) is 29.3 Å². The second-order valence-corrected chi connectivity index (χ2v) is 9.81. The molecule has 2 aliphatic rings. The summed E-state index contributed by atoms with van der Waals surface area (Å²) in [6.07, 6.45) is 6.22. The van der Waals surface area contributed by atoms with Gasteiger partial charge in [-0.1, -0.05) is 18.0 Å². The second-order valence-electron chi connectivity index (χ2n) is 7.43. The summed E-state index contributed by atoms with van der Waals surface area (Å²) in [6, 6.07) is 6.22. The average molecular weight is 415 g/mol. The first-order valence-corrected chi connectivity index (χ1v) is 11.7. The maximum Gasteiger partial charge on any atom is 0.277 e. The first-order valence-electron chi connectivity index (χ1n) is 9.84. The summed E-state index contributed by atoms with van der Waals surface area (Å²) < 4.78 is 26.9. The molecular weight excluding hydrogens is 386 g/mol. The van der Waals surface area contributed by atoms with Crippen molar-refractivity contribution in [1.82, 2.24) is 9.21 Å². The van der Waals surface area contributed by atoms with E-state index in [9.17, 15) is 13.2 Å². The van der Waals surface area contributed by atoms with E-state index in [1.807, 2.05) is 4.90 Å². The molecule has 3 rings (SSSR count). The number of amides is 1. The predicted molar refractivity (Wildman–Crippen MR) is 105 cm³/mol. The van der Waals surface area contributed by atoms with Gasteiger partial charge in [-0.15, -0.1) is 0 Å². The van der Waals surface area contributed by atoms with E-state index in [-0.39, 0.29) is 10.8 Å². The molecule has 2 saturated heterocycles. The van der Waals surface area contributed by atoms with Crippen LogP contribution in [0, 0.1) is 0 Å². The molecule has 1 amide bonds. The zero-order valence-electron chi connectivity index (χ0n) is 15.7. The van der Waals surface area contributed by atoms with Crippen LogP contribution in [0.15, 0.2) is 29.2 Å². The van der Waals surface area contributed by atoms with Crippen molar-refractivity contribution in [2.24, 2.45) is 0 Å². The Morgan fingerprint density at radius 3 is 2.07 bits per heavy atom. The molecule has 6 nitrogen and oxygen atoms in total. The number of hydrogen-bond donors (Lipinski definition) is 1. The lowest BCUT2D eigenvalue weighted by Crippen LogP contribution is -3.13. The van der Waals surface area contributed by atoms with Crippen molar-refractivity contribution < 1.29 is 18.1 Å². The summed E-state index contributed by atoms with van der Waals surface area (Å²) >= 11 is 5.85. The zero-order chi connectivity index (χ0) is 19.3. The fourth-order valence-corrected chi connectivity index (χ4v) is 5.39. The highest BCUT2D eigenvalue weighted by atomic mass is 35.5. The van der Waals surface area contributed by atoms with E-state index in [0.717, 1.165) is 13.1 Å². The highest BCUT2D eigenvalue weighted by Crippen LogP contribution is 2.19. The number of nitrogens with one attached hydrogen (secondary N) is 1. The van der Waals surface area contributed by atoms with Crippen molar-refractivity contribution >= 4 is 27.5 Å². The number of hydrogen-bond acceptors (Lipinski definition) is 3. The number of likely N-dealkylation sites (tertiary alicyclic amines) is 1. The molecule has 0 radical (unpaired) electrons. The fraction of sp³-hybridized carbons (Fsp3) is 0.632. The van der Waals surface area contributed by atoms with E-state index in [0.29, 0.717) is 37.7 Å². The lowest BCUT2D eigenvalue weighted by molar-refractivity contribution is -0.893. The molecule has 0 unspecified atom stereocenters. The highest BCUT2D eigenvalue weighted by Gasteiger charge is 2.31. The third-order valence-electron chi connectivity index (χ3n) is 5.50. The van der Waals surface area contributed by atoms with Crippen molar-refractivity contribution in [3.63, 3.8) is 0 Å². The molecule has 2 heterocycles. The molecule has 0 atom stereocenters. The van der Waals surface area contributed by atoms with Crippen LogP contribution in [0.3, 0.4) is 0 Å². The number of carbonyl (C=O) groups excluding carboxylic acids is 1. The summed E-state index contributed by atoms with van der Waals surface area (Å²) in [7, 11) is -3.53. The lowest BCUT2D eigenvalue weighted by Gasteiger charge is -2.34. The van der Waals surface area contributed by atoms with Crippen LogP contribution >= 0.6 is 11.6 Å². The standard InChI is InChI=1S/C19H28ClN3O3S/c20-17-6-8-18(9-7-17)27(25,26)23-14-12-22(13-15-23)19(24)16-21-10-4-2-1-3-5-11-21/h6-9H,1-5,10-16H2/p+1. The van der Waals surface area contributed by atoms with Gasteiger partial charge in [0.1, 0.15) is 0 Å². The Labute approximate surface area is 167 Å². The molecule has 2 fully saturated rings. The topological polar surface area (TPSA) is 62.1 Å². The average Bonchev–Trinajstić information content (AvgIpc) is 2.64. The monoisotopic (exact) mass is 414 g/mol. The van der Waals surface area contributed by atoms with Crippen LogP contribution in [0.4, 0.5) is 0 Å². The Hall–Kier alpha value is -1.15. The number of piperazine rings is 1. The van der Waals surface area contributed by atoms with Gasteiger partial charge in [0.05, 0.1) is 18.0 Å². The van der Waals surface area contributed by atoms with Gasteiger partial charge in [-0.25, -0.2) is 8.42 Å². The third kappa shape index (κ3) is 5.44. The molecule has 8 heteroatoms. The molecule has 1 aromatic rings. The van der Waals surface area contributed by atoms with Gasteiger partial charge < -0.3 is 9.80 Å². The van der Waals surface area contributed by atoms with Crippen LogP contribution in [0.1, 0.15) is 32.1 Å². The first kappa shape index (κ1) is 20.6. The van der Waals surface area contributed by atoms with Gasteiger partial charge in [-0.2, -0.15) is 4.31 Å². The molecule has 0 spiro atoms. The molecule has 27 heavy (non-hydrogen) atoms. The van der Waals surface area contributed by atoms with Gasteiger partial charge >= 0.3 is 0 Å². The second kappa shape index (κ2) is 9.37. The van der Waals surface area contributed by atoms with Gasteiger partial charge in [-0.3, -0.25) is 4.79 Å². The fourth-order valence-electron chi connectivity index (χ4n) is 3.84. The first-order chi connectivity index (χ1) is 13.0. The summed E-state index contributed by atoms with van der Waals surface area (Å²) in [5, 5.41) is 0.510. The van der Waals surface area contributed by atoms with Crippen molar-refractivity contribution in [2.75, 3.05) is 45.8 Å². The number of carbonyl (C=O) groups is 1. The molecule has 1 aromatic carbocycles. The summed E-state index contributed by atoms with van der Waals surface area (Å²) in [4.78, 5) is 16.1. The van der Waals surface area contributed by atoms with E-state index in [2.05, 4.69) is 0 Å². The van der Waals surface area contributed by atoms with Crippen LogP contribution in [0.5, 0.6) is 0 Å². The number of sulfonamides is 1. The highest BCUT2D eigenvalue weighted by molar-refractivity contribution is 7.89. The molecule has 2 aliphatic heterocycles. The van der Waals surface area contributed by atoms with Gasteiger partial charge in [0.2, 0.25) is 10.0 Å². The zero-order valence-corrected chi connectivity index (χ0v) is 17.3. The van der Waals surface area contributed by atoms with Crippen LogP contribution in [0.2, 0.25) is 5.02 Å². The van der Waals surface area contributed by atoms with Gasteiger partial charge in [0.25, 0.3) is 5.91 Å². The minimum atomic E-state index is -3.53. The van der Waals surface area contributed by atoms with Crippen LogP contribution in [0.25, 0.3) is 0 Å². The van der Waals surface area contributed by atoms with Crippen molar-refractivity contribution in [3.8, 4) is 0 Å². The van der Waals surface area contributed by atoms with Crippen LogP contribution < -0.4 is 4.90 Å². The lowest BCUT2D eigenvalue weighted by atomic mass is 10.1. The smallest absolute Gasteiger partial charge is 0.277 e. The molecule has 150 valence electrons. The summed E-state index contributed by atoms with van der Waals surface area (Å²) in [6.45, 7) is 4.26. The maximum atomic E-state index is 12.7. The van der Waals surface area contributed by atoms with E-state index < -0.39 is 10.0 Å². The Morgan fingerprint density at radius 1 is 0.926 bits per heavy atom. The maximum absolute atomic E-state index is 12.7.